The van der Waals surface area contributed by atoms with E-state index in [0.717, 1.165) is 42.5 Å². The lowest BCUT2D eigenvalue weighted by atomic mass is 10.0. The first kappa shape index (κ1) is 18.6. The number of H-pyrrole nitrogens is 1. The minimum Gasteiger partial charge on any atom is -0.368 e. The van der Waals surface area contributed by atoms with E-state index in [1.165, 1.54) is 5.69 Å². The van der Waals surface area contributed by atoms with E-state index in [9.17, 15) is 0 Å². The maximum atomic E-state index is 4.67. The molecule has 2 aromatic heterocycles. The molecule has 3 aromatic carbocycles. The Bertz CT molecular complexity index is 1340. The molecule has 0 saturated carbocycles. The van der Waals surface area contributed by atoms with Crippen LogP contribution in [-0.4, -0.2) is 56.1 Å². The van der Waals surface area contributed by atoms with Crippen LogP contribution >= 0.6 is 0 Å². The lowest BCUT2D eigenvalue weighted by Gasteiger charge is -2.35. The van der Waals surface area contributed by atoms with Crippen LogP contribution in [0.15, 0.2) is 79.1 Å². The number of benzene rings is 3. The van der Waals surface area contributed by atoms with Gasteiger partial charge in [0.15, 0.2) is 5.82 Å². The van der Waals surface area contributed by atoms with Gasteiger partial charge >= 0.3 is 0 Å². The maximum Gasteiger partial charge on any atom is 0.249 e. The molecule has 0 atom stereocenters. The Morgan fingerprint density at radius 2 is 1.50 bits per heavy atom. The van der Waals surface area contributed by atoms with Crippen molar-refractivity contribution in [2.24, 2.45) is 0 Å². The van der Waals surface area contributed by atoms with E-state index in [0.29, 0.717) is 17.7 Å². The predicted octanol–water partition coefficient (Wildman–Crippen LogP) is 3.53. The second-order valence-electron chi connectivity index (χ2n) is 7.81. The quantitative estimate of drug-likeness (QED) is 0.477. The van der Waals surface area contributed by atoms with Crippen LogP contribution in [0.5, 0.6) is 0 Å². The molecule has 0 amide bonds. The molecule has 5 aromatic rings. The highest BCUT2D eigenvalue weighted by molar-refractivity contribution is 5.94. The van der Waals surface area contributed by atoms with Gasteiger partial charge in [0, 0.05) is 37.4 Å². The summed E-state index contributed by atoms with van der Waals surface area (Å²) in [7, 11) is 0. The normalized spacial score (nSPS) is 14.2. The van der Waals surface area contributed by atoms with E-state index in [2.05, 4.69) is 77.5 Å². The number of rotatable bonds is 4. The van der Waals surface area contributed by atoms with Crippen molar-refractivity contribution in [3.8, 4) is 17.3 Å². The molecule has 1 aliphatic heterocycles. The molecule has 0 spiro atoms. The Hall–Kier alpha value is -4.20. The Balaban J connectivity index is 1.20. The van der Waals surface area contributed by atoms with Crippen LogP contribution in [0, 0.1) is 0 Å². The molecule has 8 nitrogen and oxygen atoms in total. The number of piperazine rings is 1. The van der Waals surface area contributed by atoms with Gasteiger partial charge in [-0.3, -0.25) is 0 Å². The summed E-state index contributed by atoms with van der Waals surface area (Å²) < 4.78 is 1.65. The zero-order valence-electron chi connectivity index (χ0n) is 17.5. The fourth-order valence-electron chi connectivity index (χ4n) is 4.20. The number of para-hydroxylation sites is 1. The number of fused-ring (bicyclic) bond motifs is 1. The van der Waals surface area contributed by atoms with Crippen molar-refractivity contribution in [2.75, 3.05) is 36.0 Å². The number of nitrogens with one attached hydrogen (secondary N) is 1. The largest absolute Gasteiger partial charge is 0.368 e. The Kier molecular flexibility index (Phi) is 4.53. The van der Waals surface area contributed by atoms with Crippen LogP contribution < -0.4 is 9.80 Å². The first-order valence-corrected chi connectivity index (χ1v) is 10.7. The summed E-state index contributed by atoms with van der Waals surface area (Å²) in [6.45, 7) is 3.60. The van der Waals surface area contributed by atoms with Crippen molar-refractivity contribution in [3.05, 3.63) is 79.1 Å². The first-order valence-electron chi connectivity index (χ1n) is 10.7. The lowest BCUT2D eigenvalue weighted by Crippen LogP contribution is -2.47. The van der Waals surface area contributed by atoms with Crippen LogP contribution in [0.25, 0.3) is 28.1 Å². The van der Waals surface area contributed by atoms with E-state index >= 15 is 0 Å². The number of hydrogen-bond acceptors (Lipinski definition) is 6. The van der Waals surface area contributed by atoms with Gasteiger partial charge in [-0.15, -0.1) is 10.2 Å². The van der Waals surface area contributed by atoms with E-state index in [-0.39, 0.29) is 0 Å². The van der Waals surface area contributed by atoms with Gasteiger partial charge in [0.2, 0.25) is 11.9 Å². The van der Waals surface area contributed by atoms with Crippen molar-refractivity contribution in [2.45, 2.75) is 0 Å². The van der Waals surface area contributed by atoms with Gasteiger partial charge in [0.25, 0.3) is 0 Å². The topological polar surface area (TPSA) is 78.8 Å². The molecule has 1 aliphatic rings. The summed E-state index contributed by atoms with van der Waals surface area (Å²) in [5.74, 6) is 1.91. The summed E-state index contributed by atoms with van der Waals surface area (Å²) in [4.78, 5) is 13.8. The van der Waals surface area contributed by atoms with Gasteiger partial charge in [-0.2, -0.15) is 9.67 Å². The maximum absolute atomic E-state index is 4.67. The van der Waals surface area contributed by atoms with Crippen molar-refractivity contribution in [1.29, 1.82) is 0 Å². The molecule has 1 fully saturated rings. The van der Waals surface area contributed by atoms with Gasteiger partial charge in [-0.25, -0.2) is 10.1 Å². The Morgan fingerprint density at radius 3 is 2.38 bits per heavy atom. The van der Waals surface area contributed by atoms with Gasteiger partial charge < -0.3 is 9.80 Å². The van der Waals surface area contributed by atoms with Gasteiger partial charge in [-0.1, -0.05) is 60.7 Å². The van der Waals surface area contributed by atoms with Crippen LogP contribution in [-0.2, 0) is 0 Å². The molecule has 8 heteroatoms. The summed E-state index contributed by atoms with van der Waals surface area (Å²) in [6, 6.07) is 24.9. The standard InChI is InChI=1S/C24H22N8/c1-2-9-19(10-3-1)30-13-15-31(16-14-30)23-26-24(28-27-23)32-17-25-22(29-32)21-12-6-8-18-7-4-5-11-20(18)21/h1-12,17H,13-16H2,(H,26,27,28). The van der Waals surface area contributed by atoms with Crippen molar-refractivity contribution < 1.29 is 0 Å². The molecule has 0 bridgehead atoms. The smallest absolute Gasteiger partial charge is 0.249 e. The third-order valence-electron chi connectivity index (χ3n) is 5.89. The minimum absolute atomic E-state index is 0.560. The van der Waals surface area contributed by atoms with Crippen LogP contribution in [0.4, 0.5) is 11.6 Å². The highest BCUT2D eigenvalue weighted by Crippen LogP contribution is 2.26. The van der Waals surface area contributed by atoms with Crippen molar-refractivity contribution >= 4 is 22.4 Å². The van der Waals surface area contributed by atoms with Crippen LogP contribution in [0.3, 0.4) is 0 Å². The molecule has 3 heterocycles. The molecule has 158 valence electrons. The second-order valence-corrected chi connectivity index (χ2v) is 7.81. The lowest BCUT2D eigenvalue weighted by molar-refractivity contribution is 0.641. The molecule has 6 rings (SSSR count). The summed E-state index contributed by atoms with van der Waals surface area (Å²) in [6.07, 6.45) is 1.68. The Labute approximate surface area is 185 Å². The number of aromatic nitrogens is 6. The minimum atomic E-state index is 0.560. The molecule has 32 heavy (non-hydrogen) atoms. The van der Waals surface area contributed by atoms with E-state index < -0.39 is 0 Å². The first-order chi connectivity index (χ1) is 15.8. The SMILES string of the molecule is c1ccc(N2CCN(c3n[nH]c(-n4cnc(-c5cccc6ccccc56)n4)n3)CC2)cc1. The molecular formula is C24H22N8. The number of anilines is 2. The number of hydrogen-bond donors (Lipinski definition) is 1. The fraction of sp³-hybridized carbons (Fsp3) is 0.167. The third-order valence-corrected chi connectivity index (χ3v) is 5.89. The zero-order chi connectivity index (χ0) is 21.3. The van der Waals surface area contributed by atoms with Gasteiger partial charge in [0.05, 0.1) is 0 Å². The molecule has 0 aliphatic carbocycles. The van der Waals surface area contributed by atoms with E-state index in [4.69, 9.17) is 0 Å². The highest BCUT2D eigenvalue weighted by atomic mass is 15.5. The Morgan fingerprint density at radius 1 is 0.750 bits per heavy atom. The second kappa shape index (κ2) is 7.81. The van der Waals surface area contributed by atoms with E-state index in [1.807, 2.05) is 30.3 Å². The summed E-state index contributed by atoms with van der Waals surface area (Å²) >= 11 is 0. The average molecular weight is 422 g/mol. The summed E-state index contributed by atoms with van der Waals surface area (Å²) in [5.41, 5.74) is 2.25. The summed E-state index contributed by atoms with van der Waals surface area (Å²) in [5, 5.41) is 14.4. The molecule has 0 unspecified atom stereocenters. The van der Waals surface area contributed by atoms with Gasteiger partial charge in [-0.05, 0) is 22.9 Å². The fourth-order valence-corrected chi connectivity index (χ4v) is 4.20. The van der Waals surface area contributed by atoms with Gasteiger partial charge in [0.1, 0.15) is 6.33 Å². The number of aromatic amines is 1. The molecule has 1 N–H and O–H groups in total. The van der Waals surface area contributed by atoms with Crippen molar-refractivity contribution in [3.63, 3.8) is 0 Å². The molecular weight excluding hydrogens is 400 g/mol. The van der Waals surface area contributed by atoms with Crippen LogP contribution in [0.1, 0.15) is 0 Å². The van der Waals surface area contributed by atoms with E-state index in [1.54, 1.807) is 11.0 Å². The van der Waals surface area contributed by atoms with Crippen LogP contribution in [0.2, 0.25) is 0 Å². The monoisotopic (exact) mass is 422 g/mol. The average Bonchev–Trinajstić information content (AvgIpc) is 3.55. The molecule has 0 radical (unpaired) electrons. The number of nitrogens with zero attached hydrogens (tertiary/aromatic N) is 7. The predicted molar refractivity (Wildman–Crippen MR) is 125 cm³/mol. The van der Waals surface area contributed by atoms with Crippen molar-refractivity contribution in [1.82, 2.24) is 29.9 Å². The zero-order valence-corrected chi connectivity index (χ0v) is 17.5. The molecule has 1 saturated heterocycles. The highest BCUT2D eigenvalue weighted by Gasteiger charge is 2.21. The third kappa shape index (κ3) is 3.35.